The zero-order valence-electron chi connectivity index (χ0n) is 18.5. The van der Waals surface area contributed by atoms with Gasteiger partial charge in [-0.3, -0.25) is 4.79 Å². The van der Waals surface area contributed by atoms with Crippen LogP contribution in [-0.4, -0.2) is 53.6 Å². The first kappa shape index (κ1) is 21.3. The predicted octanol–water partition coefficient (Wildman–Crippen LogP) is 3.75. The van der Waals surface area contributed by atoms with Crippen molar-refractivity contribution in [3.63, 3.8) is 0 Å². The van der Waals surface area contributed by atoms with Crippen molar-refractivity contribution in [3.05, 3.63) is 76.7 Å². The summed E-state index contributed by atoms with van der Waals surface area (Å²) < 4.78 is 24.9. The van der Waals surface area contributed by atoms with Crippen LogP contribution < -0.4 is 9.64 Å². The van der Waals surface area contributed by atoms with Crippen LogP contribution in [0.4, 0.5) is 10.3 Å². The highest BCUT2D eigenvalue weighted by atomic mass is 19.1. The van der Waals surface area contributed by atoms with Crippen molar-refractivity contribution >= 4 is 11.9 Å². The molecule has 0 atom stereocenters. The first-order valence-electron chi connectivity index (χ1n) is 11.1. The Labute approximate surface area is 191 Å². The summed E-state index contributed by atoms with van der Waals surface area (Å²) in [5.41, 5.74) is 3.35. The molecule has 1 saturated heterocycles. The second-order valence-corrected chi connectivity index (χ2v) is 8.26. The summed E-state index contributed by atoms with van der Waals surface area (Å²) in [5, 5.41) is 0. The molecule has 2 aliphatic heterocycles. The molecule has 1 aromatic heterocycles. The number of hydrogen-bond acceptors (Lipinski definition) is 6. The SMILES string of the molecule is Cc1cccc(C(=O)N2CCc3nc(N4CCOCC4)nc(Oc4ccc(F)cc4)c3C2)c1. The summed E-state index contributed by atoms with van der Waals surface area (Å²) in [4.78, 5) is 26.6. The molecule has 8 heteroatoms. The molecule has 2 aliphatic rings. The predicted molar refractivity (Wildman–Crippen MR) is 121 cm³/mol. The van der Waals surface area contributed by atoms with Crippen molar-refractivity contribution in [3.8, 4) is 11.6 Å². The van der Waals surface area contributed by atoms with E-state index in [0.717, 1.165) is 16.8 Å². The van der Waals surface area contributed by atoms with Gasteiger partial charge in [0.25, 0.3) is 5.91 Å². The molecule has 170 valence electrons. The van der Waals surface area contributed by atoms with E-state index in [1.807, 2.05) is 31.2 Å². The molecule has 0 unspecified atom stereocenters. The van der Waals surface area contributed by atoms with Gasteiger partial charge in [0.05, 0.1) is 31.0 Å². The van der Waals surface area contributed by atoms with Gasteiger partial charge in [-0.25, -0.2) is 9.37 Å². The van der Waals surface area contributed by atoms with Gasteiger partial charge in [0.1, 0.15) is 11.6 Å². The lowest BCUT2D eigenvalue weighted by atomic mass is 10.0. The van der Waals surface area contributed by atoms with Gasteiger partial charge in [0.2, 0.25) is 11.8 Å². The molecule has 0 N–H and O–H groups in total. The number of aromatic nitrogens is 2. The molecule has 3 heterocycles. The number of ether oxygens (including phenoxy) is 2. The zero-order valence-corrected chi connectivity index (χ0v) is 18.5. The van der Waals surface area contributed by atoms with Crippen LogP contribution >= 0.6 is 0 Å². The smallest absolute Gasteiger partial charge is 0.254 e. The number of rotatable bonds is 4. The van der Waals surface area contributed by atoms with Crippen LogP contribution in [-0.2, 0) is 17.7 Å². The summed E-state index contributed by atoms with van der Waals surface area (Å²) >= 11 is 0. The number of nitrogens with zero attached hydrogens (tertiary/aromatic N) is 4. The molecule has 3 aromatic rings. The lowest BCUT2D eigenvalue weighted by molar-refractivity contribution is 0.0731. The van der Waals surface area contributed by atoms with Crippen LogP contribution in [0.15, 0.2) is 48.5 Å². The number of anilines is 1. The van der Waals surface area contributed by atoms with Gasteiger partial charge in [-0.15, -0.1) is 0 Å². The molecule has 1 amide bonds. The van der Waals surface area contributed by atoms with Crippen LogP contribution in [0, 0.1) is 12.7 Å². The standard InChI is InChI=1S/C25H25FN4O3/c1-17-3-2-4-18(15-17)24(31)30-10-9-22-21(16-30)23(33-20-7-5-19(26)6-8-20)28-25(27-22)29-11-13-32-14-12-29/h2-8,15H,9-14,16H2,1H3. The van der Waals surface area contributed by atoms with E-state index in [1.165, 1.54) is 12.1 Å². The van der Waals surface area contributed by atoms with E-state index in [2.05, 4.69) is 4.90 Å². The fraction of sp³-hybridized carbons (Fsp3) is 0.320. The van der Waals surface area contributed by atoms with Gasteiger partial charge in [-0.2, -0.15) is 4.98 Å². The van der Waals surface area contributed by atoms with Crippen molar-refractivity contribution in [2.45, 2.75) is 19.9 Å². The fourth-order valence-corrected chi connectivity index (χ4v) is 4.11. The second kappa shape index (κ2) is 9.15. The van der Waals surface area contributed by atoms with Crippen LogP contribution in [0.1, 0.15) is 27.2 Å². The van der Waals surface area contributed by atoms with E-state index in [4.69, 9.17) is 19.4 Å². The van der Waals surface area contributed by atoms with Crippen LogP contribution in [0.25, 0.3) is 0 Å². The van der Waals surface area contributed by atoms with E-state index >= 15 is 0 Å². The highest BCUT2D eigenvalue weighted by Crippen LogP contribution is 2.32. The van der Waals surface area contributed by atoms with Crippen molar-refractivity contribution < 1.29 is 18.7 Å². The highest BCUT2D eigenvalue weighted by molar-refractivity contribution is 5.94. The van der Waals surface area contributed by atoms with Crippen LogP contribution in [0.5, 0.6) is 11.6 Å². The Morgan fingerprint density at radius 2 is 1.85 bits per heavy atom. The Kier molecular flexibility index (Phi) is 5.92. The van der Waals surface area contributed by atoms with E-state index in [-0.39, 0.29) is 11.7 Å². The lowest BCUT2D eigenvalue weighted by Gasteiger charge is -2.32. The number of hydrogen-bond donors (Lipinski definition) is 0. The van der Waals surface area contributed by atoms with Crippen molar-refractivity contribution in [1.29, 1.82) is 0 Å². The third-order valence-electron chi connectivity index (χ3n) is 5.88. The Bertz CT molecular complexity index is 1160. The average Bonchev–Trinajstić information content (AvgIpc) is 2.85. The van der Waals surface area contributed by atoms with E-state index in [9.17, 15) is 9.18 Å². The Hall–Kier alpha value is -3.52. The number of morpholine rings is 1. The molecule has 33 heavy (non-hydrogen) atoms. The first-order chi connectivity index (χ1) is 16.1. The van der Waals surface area contributed by atoms with Crippen LogP contribution in [0.2, 0.25) is 0 Å². The third kappa shape index (κ3) is 4.66. The van der Waals surface area contributed by atoms with Gasteiger partial charge in [0.15, 0.2) is 0 Å². The Balaban J connectivity index is 1.48. The molecule has 7 nitrogen and oxygen atoms in total. The summed E-state index contributed by atoms with van der Waals surface area (Å²) in [6.45, 7) is 5.52. The third-order valence-corrected chi connectivity index (χ3v) is 5.88. The molecule has 0 bridgehead atoms. The van der Waals surface area contributed by atoms with E-state index in [0.29, 0.717) is 69.0 Å². The molecule has 1 fully saturated rings. The van der Waals surface area contributed by atoms with Gasteiger partial charge in [-0.05, 0) is 43.3 Å². The summed E-state index contributed by atoms with van der Waals surface area (Å²) in [5.74, 6) is 1.10. The minimum atomic E-state index is -0.337. The summed E-state index contributed by atoms with van der Waals surface area (Å²) in [6.07, 6.45) is 0.604. The number of carbonyl (C=O) groups is 1. The molecule has 0 saturated carbocycles. The van der Waals surface area contributed by atoms with E-state index < -0.39 is 0 Å². The quantitative estimate of drug-likeness (QED) is 0.606. The number of amides is 1. The number of benzene rings is 2. The Morgan fingerprint density at radius 3 is 2.61 bits per heavy atom. The van der Waals surface area contributed by atoms with Crippen LogP contribution in [0.3, 0.4) is 0 Å². The van der Waals surface area contributed by atoms with Gasteiger partial charge < -0.3 is 19.3 Å². The molecule has 0 radical (unpaired) electrons. The van der Waals surface area contributed by atoms with Crippen molar-refractivity contribution in [1.82, 2.24) is 14.9 Å². The minimum Gasteiger partial charge on any atom is -0.438 e. The highest BCUT2D eigenvalue weighted by Gasteiger charge is 2.28. The number of aryl methyl sites for hydroxylation is 1. The zero-order chi connectivity index (χ0) is 22.8. The minimum absolute atomic E-state index is 0.0330. The molecule has 0 spiro atoms. The number of carbonyl (C=O) groups excluding carboxylic acids is 1. The Morgan fingerprint density at radius 1 is 1.06 bits per heavy atom. The largest absolute Gasteiger partial charge is 0.438 e. The van der Waals surface area contributed by atoms with Gasteiger partial charge >= 0.3 is 0 Å². The lowest BCUT2D eigenvalue weighted by Crippen LogP contribution is -2.39. The van der Waals surface area contributed by atoms with E-state index in [1.54, 1.807) is 17.0 Å². The summed E-state index contributed by atoms with van der Waals surface area (Å²) in [7, 11) is 0. The summed E-state index contributed by atoms with van der Waals surface area (Å²) in [6, 6.07) is 13.4. The maximum atomic E-state index is 13.4. The average molecular weight is 448 g/mol. The van der Waals surface area contributed by atoms with Crippen molar-refractivity contribution in [2.75, 3.05) is 37.7 Å². The first-order valence-corrected chi connectivity index (χ1v) is 11.1. The molecule has 2 aromatic carbocycles. The van der Waals surface area contributed by atoms with Crippen molar-refractivity contribution in [2.24, 2.45) is 0 Å². The molecular weight excluding hydrogens is 423 g/mol. The maximum absolute atomic E-state index is 13.4. The normalized spacial score (nSPS) is 15.8. The topological polar surface area (TPSA) is 67.8 Å². The number of halogens is 1. The van der Waals surface area contributed by atoms with Gasteiger partial charge in [0, 0.05) is 31.6 Å². The number of fused-ring (bicyclic) bond motifs is 1. The monoisotopic (exact) mass is 448 g/mol. The maximum Gasteiger partial charge on any atom is 0.254 e. The van der Waals surface area contributed by atoms with Gasteiger partial charge in [-0.1, -0.05) is 17.7 Å². The fourth-order valence-electron chi connectivity index (χ4n) is 4.11. The molecule has 0 aliphatic carbocycles. The molecular formula is C25H25FN4O3. The molecule has 5 rings (SSSR count). The second-order valence-electron chi connectivity index (χ2n) is 8.26.